The molecule has 7 nitrogen and oxygen atoms in total. The molecule has 0 aromatic rings. The summed E-state index contributed by atoms with van der Waals surface area (Å²) in [7, 11) is 1.75. The van der Waals surface area contributed by atoms with Crippen LogP contribution in [0.5, 0.6) is 0 Å². The fourth-order valence-corrected chi connectivity index (χ4v) is 3.36. The highest BCUT2D eigenvalue weighted by Crippen LogP contribution is 2.20. The standard InChI is InChI=1S/C19H39N5O2/c1-15-12-16(2)14-24(13-15)11-7-8-21-17(20-6)22-9-10-23-18(25)26-19(3,4)5/h15-16H,7-14H2,1-6H3,(H,23,25)(H2,20,21,22). The minimum absolute atomic E-state index is 0.396. The van der Waals surface area contributed by atoms with E-state index in [-0.39, 0.29) is 0 Å². The summed E-state index contributed by atoms with van der Waals surface area (Å²) in [5, 5.41) is 9.25. The number of alkyl carbamates (subject to hydrolysis) is 1. The lowest BCUT2D eigenvalue weighted by Crippen LogP contribution is -2.43. The number of guanidine groups is 1. The molecule has 1 fully saturated rings. The summed E-state index contributed by atoms with van der Waals surface area (Å²) in [4.78, 5) is 18.3. The first-order valence-electron chi connectivity index (χ1n) is 9.83. The van der Waals surface area contributed by atoms with Gasteiger partial charge in [-0.3, -0.25) is 4.99 Å². The van der Waals surface area contributed by atoms with Gasteiger partial charge in [0.1, 0.15) is 5.60 Å². The van der Waals surface area contributed by atoms with Gasteiger partial charge in [-0.15, -0.1) is 0 Å². The quantitative estimate of drug-likeness (QED) is 0.364. The molecule has 1 heterocycles. The number of carbonyl (C=O) groups is 1. The lowest BCUT2D eigenvalue weighted by molar-refractivity contribution is 0.0529. The van der Waals surface area contributed by atoms with Crippen LogP contribution in [0, 0.1) is 11.8 Å². The van der Waals surface area contributed by atoms with Gasteiger partial charge in [-0.05, 0) is 52.0 Å². The summed E-state index contributed by atoms with van der Waals surface area (Å²) in [6, 6.07) is 0. The van der Waals surface area contributed by atoms with Crippen LogP contribution >= 0.6 is 0 Å². The van der Waals surface area contributed by atoms with Crippen LogP contribution in [0.4, 0.5) is 4.79 Å². The summed E-state index contributed by atoms with van der Waals surface area (Å²) in [6.07, 6.45) is 2.05. The molecule has 0 aromatic carbocycles. The van der Waals surface area contributed by atoms with E-state index in [2.05, 4.69) is 39.7 Å². The Balaban J connectivity index is 2.11. The molecule has 1 aliphatic rings. The molecule has 1 rings (SSSR count). The van der Waals surface area contributed by atoms with Gasteiger partial charge < -0.3 is 25.6 Å². The maximum atomic E-state index is 11.6. The highest BCUT2D eigenvalue weighted by molar-refractivity contribution is 5.79. The van der Waals surface area contributed by atoms with Crippen LogP contribution in [0.3, 0.4) is 0 Å². The van der Waals surface area contributed by atoms with E-state index in [4.69, 9.17) is 4.74 Å². The number of hydrogen-bond acceptors (Lipinski definition) is 4. The van der Waals surface area contributed by atoms with Crippen LogP contribution in [0.2, 0.25) is 0 Å². The second-order valence-electron chi connectivity index (χ2n) is 8.41. The Morgan fingerprint density at radius 3 is 2.23 bits per heavy atom. The Kier molecular flexibility index (Phi) is 9.76. The molecule has 0 bridgehead atoms. The number of carbonyl (C=O) groups excluding carboxylic acids is 1. The van der Waals surface area contributed by atoms with Crippen molar-refractivity contribution in [3.05, 3.63) is 0 Å². The van der Waals surface area contributed by atoms with Crippen LogP contribution in [0.15, 0.2) is 4.99 Å². The van der Waals surface area contributed by atoms with Crippen molar-refractivity contribution in [3.8, 4) is 0 Å². The van der Waals surface area contributed by atoms with Gasteiger partial charge in [0.25, 0.3) is 0 Å². The molecule has 2 unspecified atom stereocenters. The van der Waals surface area contributed by atoms with E-state index in [0.29, 0.717) is 13.1 Å². The predicted octanol–water partition coefficient (Wildman–Crippen LogP) is 2.04. The van der Waals surface area contributed by atoms with Gasteiger partial charge in [0.05, 0.1) is 0 Å². The molecule has 1 saturated heterocycles. The van der Waals surface area contributed by atoms with E-state index < -0.39 is 11.7 Å². The molecule has 1 aliphatic heterocycles. The zero-order valence-electron chi connectivity index (χ0n) is 17.5. The smallest absolute Gasteiger partial charge is 0.407 e. The number of likely N-dealkylation sites (tertiary alicyclic amines) is 1. The fourth-order valence-electron chi connectivity index (χ4n) is 3.36. The molecule has 0 aromatic heterocycles. The van der Waals surface area contributed by atoms with Crippen molar-refractivity contribution in [2.75, 3.05) is 46.3 Å². The van der Waals surface area contributed by atoms with Crippen molar-refractivity contribution in [2.45, 2.75) is 53.1 Å². The molecular weight excluding hydrogens is 330 g/mol. The lowest BCUT2D eigenvalue weighted by atomic mass is 9.92. The molecule has 3 N–H and O–H groups in total. The first-order chi connectivity index (χ1) is 12.2. The van der Waals surface area contributed by atoms with E-state index in [1.807, 2.05) is 20.8 Å². The van der Waals surface area contributed by atoms with Crippen LogP contribution in [-0.2, 0) is 4.74 Å². The summed E-state index contributed by atoms with van der Waals surface area (Å²) in [6.45, 7) is 15.8. The van der Waals surface area contributed by atoms with Crippen molar-refractivity contribution in [1.82, 2.24) is 20.9 Å². The molecule has 152 valence electrons. The number of nitrogens with one attached hydrogen (secondary N) is 3. The van der Waals surface area contributed by atoms with Gasteiger partial charge >= 0.3 is 6.09 Å². The second-order valence-corrected chi connectivity index (χ2v) is 8.41. The maximum Gasteiger partial charge on any atom is 0.407 e. The number of ether oxygens (including phenoxy) is 1. The lowest BCUT2D eigenvalue weighted by Gasteiger charge is -2.35. The van der Waals surface area contributed by atoms with E-state index >= 15 is 0 Å². The third-order valence-electron chi connectivity index (χ3n) is 4.20. The van der Waals surface area contributed by atoms with E-state index in [0.717, 1.165) is 37.3 Å². The van der Waals surface area contributed by atoms with Gasteiger partial charge in [-0.25, -0.2) is 4.79 Å². The molecule has 0 aliphatic carbocycles. The van der Waals surface area contributed by atoms with Gasteiger partial charge in [0, 0.05) is 39.8 Å². The zero-order valence-corrected chi connectivity index (χ0v) is 17.5. The van der Waals surface area contributed by atoms with Gasteiger partial charge in [-0.2, -0.15) is 0 Å². The van der Waals surface area contributed by atoms with Gasteiger partial charge in [0.15, 0.2) is 5.96 Å². The molecule has 0 saturated carbocycles. The van der Waals surface area contributed by atoms with Crippen molar-refractivity contribution < 1.29 is 9.53 Å². The third kappa shape index (κ3) is 10.5. The first kappa shape index (κ1) is 22.5. The highest BCUT2D eigenvalue weighted by Gasteiger charge is 2.21. The Hall–Kier alpha value is -1.50. The number of nitrogens with zero attached hydrogens (tertiary/aromatic N) is 2. The van der Waals surface area contributed by atoms with E-state index in [1.165, 1.54) is 19.5 Å². The van der Waals surface area contributed by atoms with Crippen molar-refractivity contribution in [2.24, 2.45) is 16.8 Å². The number of piperidine rings is 1. The summed E-state index contributed by atoms with van der Waals surface area (Å²) in [5.74, 6) is 2.37. The van der Waals surface area contributed by atoms with Crippen molar-refractivity contribution >= 4 is 12.1 Å². The molecule has 0 radical (unpaired) electrons. The van der Waals surface area contributed by atoms with Crippen LogP contribution < -0.4 is 16.0 Å². The highest BCUT2D eigenvalue weighted by atomic mass is 16.6. The first-order valence-corrected chi connectivity index (χ1v) is 9.83. The minimum atomic E-state index is -0.473. The van der Waals surface area contributed by atoms with Crippen LogP contribution in [0.25, 0.3) is 0 Å². The Morgan fingerprint density at radius 2 is 1.65 bits per heavy atom. The average Bonchev–Trinajstić information content (AvgIpc) is 2.50. The largest absolute Gasteiger partial charge is 0.444 e. The van der Waals surface area contributed by atoms with Crippen molar-refractivity contribution in [3.63, 3.8) is 0 Å². The maximum absolute atomic E-state index is 11.6. The molecule has 2 atom stereocenters. The van der Waals surface area contributed by atoms with Crippen LogP contribution in [0.1, 0.15) is 47.5 Å². The van der Waals surface area contributed by atoms with E-state index in [9.17, 15) is 4.79 Å². The minimum Gasteiger partial charge on any atom is -0.444 e. The number of rotatable bonds is 7. The SMILES string of the molecule is CN=C(NCCCN1CC(C)CC(C)C1)NCCNC(=O)OC(C)(C)C. The Morgan fingerprint density at radius 1 is 1.08 bits per heavy atom. The summed E-state index contributed by atoms with van der Waals surface area (Å²) >= 11 is 0. The van der Waals surface area contributed by atoms with Gasteiger partial charge in [-0.1, -0.05) is 13.8 Å². The molecule has 26 heavy (non-hydrogen) atoms. The zero-order chi connectivity index (χ0) is 19.6. The number of aliphatic imine (C=N–C) groups is 1. The fraction of sp³-hybridized carbons (Fsp3) is 0.895. The van der Waals surface area contributed by atoms with Crippen molar-refractivity contribution in [1.29, 1.82) is 0 Å². The molecule has 0 spiro atoms. The summed E-state index contributed by atoms with van der Waals surface area (Å²) in [5.41, 5.74) is -0.473. The van der Waals surface area contributed by atoms with Crippen LogP contribution in [-0.4, -0.2) is 68.9 Å². The monoisotopic (exact) mass is 369 g/mol. The molecule has 1 amide bonds. The Labute approximate surface area is 159 Å². The molecule has 7 heteroatoms. The molecular formula is C19H39N5O2. The predicted molar refractivity (Wildman–Crippen MR) is 108 cm³/mol. The third-order valence-corrected chi connectivity index (χ3v) is 4.20. The normalized spacial score (nSPS) is 22.0. The van der Waals surface area contributed by atoms with E-state index in [1.54, 1.807) is 7.05 Å². The Bertz CT molecular complexity index is 438. The number of amides is 1. The number of hydrogen-bond donors (Lipinski definition) is 3. The second kappa shape index (κ2) is 11.3. The summed E-state index contributed by atoms with van der Waals surface area (Å²) < 4.78 is 5.19. The topological polar surface area (TPSA) is 78.0 Å². The average molecular weight is 370 g/mol. The van der Waals surface area contributed by atoms with Gasteiger partial charge in [0.2, 0.25) is 0 Å².